The van der Waals surface area contributed by atoms with E-state index in [0.29, 0.717) is 23.7 Å². The van der Waals surface area contributed by atoms with Gasteiger partial charge in [-0.05, 0) is 29.8 Å². The predicted molar refractivity (Wildman–Crippen MR) is 86.4 cm³/mol. The third kappa shape index (κ3) is 4.72. The summed E-state index contributed by atoms with van der Waals surface area (Å²) in [7, 11) is 1.58. The van der Waals surface area contributed by atoms with Crippen LogP contribution in [0.4, 0.5) is 5.69 Å². The quantitative estimate of drug-likeness (QED) is 0.636. The van der Waals surface area contributed by atoms with Gasteiger partial charge in [0.1, 0.15) is 5.75 Å². The zero-order valence-corrected chi connectivity index (χ0v) is 12.7. The highest BCUT2D eigenvalue weighted by atomic mass is 32.2. The summed E-state index contributed by atoms with van der Waals surface area (Å²) in [6.45, 7) is 0.461. The lowest BCUT2D eigenvalue weighted by Gasteiger charge is -2.08. The first-order valence-electron chi connectivity index (χ1n) is 6.56. The van der Waals surface area contributed by atoms with E-state index in [1.165, 1.54) is 11.8 Å². The van der Waals surface area contributed by atoms with Gasteiger partial charge in [-0.1, -0.05) is 24.3 Å². The topological polar surface area (TPSA) is 64.3 Å². The van der Waals surface area contributed by atoms with Crippen LogP contribution in [0.2, 0.25) is 0 Å². The Hall–Kier alpha value is -2.14. The van der Waals surface area contributed by atoms with Gasteiger partial charge in [0.2, 0.25) is 5.91 Å². The van der Waals surface area contributed by atoms with Crippen LogP contribution in [0.15, 0.2) is 53.4 Å². The molecule has 1 amide bonds. The fourth-order valence-electron chi connectivity index (χ4n) is 1.81. The number of ether oxygens (including phenoxy) is 1. The van der Waals surface area contributed by atoms with Crippen molar-refractivity contribution >= 4 is 23.4 Å². The number of amides is 1. The molecule has 0 fully saturated rings. The molecule has 0 atom stereocenters. The largest absolute Gasteiger partial charge is 0.495 e. The summed E-state index contributed by atoms with van der Waals surface area (Å²) in [6, 6.07) is 15.3. The molecule has 2 aromatic carbocycles. The molecular formula is C16H18N2O2S. The van der Waals surface area contributed by atoms with E-state index in [0.717, 1.165) is 10.5 Å². The summed E-state index contributed by atoms with van der Waals surface area (Å²) in [5.74, 6) is 1.04. The molecule has 0 saturated carbocycles. The number of nitrogens with two attached hydrogens (primary N) is 1. The standard InChI is InChI=1S/C16H18N2O2S/c1-20-15-8-7-12(9-14(15)17)10-18-16(19)11-21-13-5-3-2-4-6-13/h2-9H,10-11,17H2,1H3,(H,18,19). The van der Waals surface area contributed by atoms with Crippen LogP contribution >= 0.6 is 11.8 Å². The van der Waals surface area contributed by atoms with Crippen molar-refractivity contribution in [2.45, 2.75) is 11.4 Å². The Morgan fingerprint density at radius 3 is 2.67 bits per heavy atom. The summed E-state index contributed by atoms with van der Waals surface area (Å²) in [5.41, 5.74) is 7.35. The highest BCUT2D eigenvalue weighted by Gasteiger charge is 2.04. The molecule has 0 radical (unpaired) electrons. The average Bonchev–Trinajstić information content (AvgIpc) is 2.52. The number of thioether (sulfide) groups is 1. The van der Waals surface area contributed by atoms with E-state index < -0.39 is 0 Å². The predicted octanol–water partition coefficient (Wildman–Crippen LogP) is 2.69. The maximum absolute atomic E-state index is 11.8. The van der Waals surface area contributed by atoms with E-state index >= 15 is 0 Å². The molecule has 0 heterocycles. The van der Waals surface area contributed by atoms with Crippen molar-refractivity contribution in [2.75, 3.05) is 18.6 Å². The molecule has 0 saturated heterocycles. The van der Waals surface area contributed by atoms with E-state index in [1.807, 2.05) is 42.5 Å². The second-order valence-corrected chi connectivity index (χ2v) is 5.50. The normalized spacial score (nSPS) is 10.1. The molecule has 110 valence electrons. The maximum Gasteiger partial charge on any atom is 0.230 e. The number of carbonyl (C=O) groups is 1. The molecule has 0 aliphatic rings. The zero-order chi connectivity index (χ0) is 15.1. The van der Waals surface area contributed by atoms with Crippen LogP contribution in [0.5, 0.6) is 5.75 Å². The maximum atomic E-state index is 11.8. The van der Waals surface area contributed by atoms with Gasteiger partial charge >= 0.3 is 0 Å². The molecule has 4 nitrogen and oxygen atoms in total. The highest BCUT2D eigenvalue weighted by Crippen LogP contribution is 2.21. The van der Waals surface area contributed by atoms with E-state index in [1.54, 1.807) is 13.2 Å². The van der Waals surface area contributed by atoms with E-state index in [9.17, 15) is 4.79 Å². The lowest BCUT2D eigenvalue weighted by molar-refractivity contribution is -0.118. The first-order valence-corrected chi connectivity index (χ1v) is 7.54. The molecule has 21 heavy (non-hydrogen) atoms. The third-order valence-electron chi connectivity index (χ3n) is 2.90. The average molecular weight is 302 g/mol. The molecule has 0 unspecified atom stereocenters. The van der Waals surface area contributed by atoms with Crippen LogP contribution in [0, 0.1) is 0 Å². The van der Waals surface area contributed by atoms with E-state index in [2.05, 4.69) is 5.32 Å². The number of hydrogen-bond acceptors (Lipinski definition) is 4. The van der Waals surface area contributed by atoms with Gasteiger partial charge in [-0.3, -0.25) is 4.79 Å². The number of rotatable bonds is 6. The van der Waals surface area contributed by atoms with Gasteiger partial charge in [-0.2, -0.15) is 0 Å². The van der Waals surface area contributed by atoms with Crippen molar-refractivity contribution in [2.24, 2.45) is 0 Å². The zero-order valence-electron chi connectivity index (χ0n) is 11.8. The number of nitrogen functional groups attached to an aromatic ring is 1. The van der Waals surface area contributed by atoms with E-state index in [-0.39, 0.29) is 5.91 Å². The van der Waals surface area contributed by atoms with Gasteiger partial charge in [-0.15, -0.1) is 11.8 Å². The van der Waals surface area contributed by atoms with Crippen molar-refractivity contribution < 1.29 is 9.53 Å². The summed E-state index contributed by atoms with van der Waals surface area (Å²) in [6.07, 6.45) is 0. The third-order valence-corrected chi connectivity index (χ3v) is 3.91. The van der Waals surface area contributed by atoms with Crippen molar-refractivity contribution in [3.8, 4) is 5.75 Å². The lowest BCUT2D eigenvalue weighted by atomic mass is 10.2. The molecular weight excluding hydrogens is 284 g/mol. The number of hydrogen-bond donors (Lipinski definition) is 2. The summed E-state index contributed by atoms with van der Waals surface area (Å²) in [4.78, 5) is 12.9. The minimum Gasteiger partial charge on any atom is -0.495 e. The van der Waals surface area contributed by atoms with Crippen molar-refractivity contribution in [1.29, 1.82) is 0 Å². The summed E-state index contributed by atoms with van der Waals surface area (Å²) >= 11 is 1.52. The molecule has 3 N–H and O–H groups in total. The van der Waals surface area contributed by atoms with E-state index in [4.69, 9.17) is 10.5 Å². The van der Waals surface area contributed by atoms with Crippen molar-refractivity contribution in [3.63, 3.8) is 0 Å². The number of methoxy groups -OCH3 is 1. The molecule has 2 rings (SSSR count). The van der Waals surface area contributed by atoms with Crippen LogP contribution < -0.4 is 15.8 Å². The SMILES string of the molecule is COc1ccc(CNC(=O)CSc2ccccc2)cc1N. The second-order valence-electron chi connectivity index (χ2n) is 4.45. The minimum absolute atomic E-state index is 0.00163. The minimum atomic E-state index is -0.00163. The van der Waals surface area contributed by atoms with Crippen LogP contribution in [0.3, 0.4) is 0 Å². The monoisotopic (exact) mass is 302 g/mol. The molecule has 0 bridgehead atoms. The molecule has 5 heteroatoms. The Kier molecular flexibility index (Phi) is 5.51. The van der Waals surface area contributed by atoms with Gasteiger partial charge in [-0.25, -0.2) is 0 Å². The molecule has 0 aliphatic heterocycles. The van der Waals surface area contributed by atoms with Gasteiger partial charge in [0.05, 0.1) is 18.6 Å². The first kappa shape index (κ1) is 15.3. The molecule has 2 aromatic rings. The second kappa shape index (κ2) is 7.59. The molecule has 0 spiro atoms. The Morgan fingerprint density at radius 1 is 1.24 bits per heavy atom. The number of nitrogens with one attached hydrogen (secondary N) is 1. The Morgan fingerprint density at radius 2 is 2.00 bits per heavy atom. The number of anilines is 1. The van der Waals surface area contributed by atoms with Crippen molar-refractivity contribution in [1.82, 2.24) is 5.32 Å². The fraction of sp³-hybridized carbons (Fsp3) is 0.188. The van der Waals surface area contributed by atoms with Gasteiger partial charge in [0, 0.05) is 11.4 Å². The van der Waals surface area contributed by atoms with Gasteiger partial charge < -0.3 is 15.8 Å². The Balaban J connectivity index is 1.80. The Bertz CT molecular complexity index is 602. The van der Waals surface area contributed by atoms with Crippen LogP contribution in [0.1, 0.15) is 5.56 Å². The first-order chi connectivity index (χ1) is 10.2. The highest BCUT2D eigenvalue weighted by molar-refractivity contribution is 8.00. The molecule has 0 aliphatic carbocycles. The van der Waals surface area contributed by atoms with Crippen LogP contribution in [0.25, 0.3) is 0 Å². The van der Waals surface area contributed by atoms with Gasteiger partial charge in [0.25, 0.3) is 0 Å². The lowest BCUT2D eigenvalue weighted by Crippen LogP contribution is -2.24. The number of carbonyl (C=O) groups excluding carboxylic acids is 1. The van der Waals surface area contributed by atoms with Crippen molar-refractivity contribution in [3.05, 3.63) is 54.1 Å². The summed E-state index contributed by atoms with van der Waals surface area (Å²) < 4.78 is 5.10. The van der Waals surface area contributed by atoms with Gasteiger partial charge in [0.15, 0.2) is 0 Å². The van der Waals surface area contributed by atoms with Crippen LogP contribution in [-0.4, -0.2) is 18.8 Å². The summed E-state index contributed by atoms with van der Waals surface area (Å²) in [5, 5.41) is 2.88. The smallest absolute Gasteiger partial charge is 0.230 e. The van der Waals surface area contributed by atoms with Crippen LogP contribution in [-0.2, 0) is 11.3 Å². The molecule has 0 aromatic heterocycles. The Labute approximate surface area is 128 Å². The number of benzene rings is 2. The fourth-order valence-corrected chi connectivity index (χ4v) is 2.56.